The third kappa shape index (κ3) is 4.14. The molecule has 1 aromatic heterocycles. The van der Waals surface area contributed by atoms with Gasteiger partial charge in [-0.1, -0.05) is 18.2 Å². The van der Waals surface area contributed by atoms with Gasteiger partial charge >= 0.3 is 0 Å². The molecule has 0 aliphatic heterocycles. The first kappa shape index (κ1) is 17.8. The maximum absolute atomic E-state index is 9.56. The topological polar surface area (TPSA) is 54.4 Å². The summed E-state index contributed by atoms with van der Waals surface area (Å²) in [5.41, 5.74) is 3.86. The fraction of sp³-hybridized carbons (Fsp3) is 0.227. The first-order valence-electron chi connectivity index (χ1n) is 8.87. The molecule has 0 amide bonds. The van der Waals surface area contributed by atoms with Crippen LogP contribution in [0.3, 0.4) is 0 Å². The van der Waals surface area contributed by atoms with E-state index in [2.05, 4.69) is 31.3 Å². The third-order valence-electron chi connectivity index (χ3n) is 3.92. The molecule has 134 valence electrons. The number of para-hydroxylation sites is 1. The van der Waals surface area contributed by atoms with Crippen LogP contribution in [0.5, 0.6) is 11.5 Å². The minimum atomic E-state index is 0.243. The Morgan fingerprint density at radius 2 is 1.73 bits per heavy atom. The molecule has 0 atom stereocenters. The minimum Gasteiger partial charge on any atom is -0.508 e. The molecule has 0 saturated carbocycles. The van der Waals surface area contributed by atoms with Crippen LogP contribution in [-0.4, -0.2) is 22.7 Å². The maximum atomic E-state index is 9.56. The molecular weight excluding hydrogens is 324 g/mol. The summed E-state index contributed by atoms with van der Waals surface area (Å²) in [6, 6.07) is 19.5. The maximum Gasteiger partial charge on any atom is 0.127 e. The van der Waals surface area contributed by atoms with Crippen LogP contribution in [0, 0.1) is 0 Å². The molecule has 0 unspecified atom stereocenters. The van der Waals surface area contributed by atoms with Gasteiger partial charge in [0, 0.05) is 17.2 Å². The molecule has 0 bridgehead atoms. The Balaban J connectivity index is 2.13. The Morgan fingerprint density at radius 1 is 1.00 bits per heavy atom. The number of rotatable bonds is 6. The van der Waals surface area contributed by atoms with Crippen molar-refractivity contribution in [2.45, 2.75) is 26.8 Å². The van der Waals surface area contributed by atoms with Gasteiger partial charge < -0.3 is 15.2 Å². The van der Waals surface area contributed by atoms with Gasteiger partial charge in [-0.3, -0.25) is 0 Å². The van der Waals surface area contributed by atoms with Crippen molar-refractivity contribution in [1.29, 1.82) is 0 Å². The highest BCUT2D eigenvalue weighted by molar-refractivity contribution is 5.77. The van der Waals surface area contributed by atoms with Gasteiger partial charge in [0.05, 0.1) is 12.3 Å². The molecular formula is C22H24N2O2. The highest BCUT2D eigenvalue weighted by atomic mass is 16.5. The summed E-state index contributed by atoms with van der Waals surface area (Å²) < 4.78 is 5.80. The van der Waals surface area contributed by atoms with Gasteiger partial charge in [0.1, 0.15) is 17.3 Å². The Morgan fingerprint density at radius 3 is 2.42 bits per heavy atom. The quantitative estimate of drug-likeness (QED) is 0.631. The molecule has 0 fully saturated rings. The first-order chi connectivity index (χ1) is 12.6. The average molecular weight is 348 g/mol. The smallest absolute Gasteiger partial charge is 0.127 e. The SMILES string of the molecule is CCOc1ccccc1-c1cc(NC(C)C)nc(-c2ccc(O)cc2)c1. The number of aromatic nitrogens is 1. The molecule has 2 aromatic carbocycles. The van der Waals surface area contributed by atoms with Crippen LogP contribution >= 0.6 is 0 Å². The number of hydrogen-bond donors (Lipinski definition) is 2. The van der Waals surface area contributed by atoms with Gasteiger partial charge in [-0.15, -0.1) is 0 Å². The lowest BCUT2D eigenvalue weighted by molar-refractivity contribution is 0.341. The van der Waals surface area contributed by atoms with Crippen LogP contribution < -0.4 is 10.1 Å². The number of anilines is 1. The zero-order valence-electron chi connectivity index (χ0n) is 15.4. The van der Waals surface area contributed by atoms with Gasteiger partial charge in [0.15, 0.2) is 0 Å². The lowest BCUT2D eigenvalue weighted by Crippen LogP contribution is -2.11. The van der Waals surface area contributed by atoms with E-state index in [4.69, 9.17) is 9.72 Å². The van der Waals surface area contributed by atoms with Gasteiger partial charge in [0.2, 0.25) is 0 Å². The van der Waals surface area contributed by atoms with Crippen LogP contribution in [0.4, 0.5) is 5.82 Å². The molecule has 0 radical (unpaired) electrons. The summed E-state index contributed by atoms with van der Waals surface area (Å²) in [5.74, 6) is 1.91. The number of benzene rings is 2. The van der Waals surface area contributed by atoms with E-state index < -0.39 is 0 Å². The summed E-state index contributed by atoms with van der Waals surface area (Å²) in [6.45, 7) is 6.77. The number of pyridine rings is 1. The van der Waals surface area contributed by atoms with E-state index >= 15 is 0 Å². The summed E-state index contributed by atoms with van der Waals surface area (Å²) in [6.07, 6.45) is 0. The second kappa shape index (κ2) is 7.91. The zero-order chi connectivity index (χ0) is 18.5. The van der Waals surface area contributed by atoms with Gasteiger partial charge in [0.25, 0.3) is 0 Å². The molecule has 3 aromatic rings. The van der Waals surface area contributed by atoms with E-state index in [1.165, 1.54) is 0 Å². The third-order valence-corrected chi connectivity index (χ3v) is 3.92. The van der Waals surface area contributed by atoms with Crippen molar-refractivity contribution < 1.29 is 9.84 Å². The summed E-state index contributed by atoms with van der Waals surface area (Å²) in [4.78, 5) is 4.74. The van der Waals surface area contributed by atoms with E-state index in [-0.39, 0.29) is 11.8 Å². The van der Waals surface area contributed by atoms with Crippen molar-refractivity contribution in [2.75, 3.05) is 11.9 Å². The van der Waals surface area contributed by atoms with E-state index in [1.807, 2.05) is 43.3 Å². The second-order valence-electron chi connectivity index (χ2n) is 6.40. The second-order valence-corrected chi connectivity index (χ2v) is 6.40. The number of ether oxygens (including phenoxy) is 1. The lowest BCUT2D eigenvalue weighted by atomic mass is 10.0. The summed E-state index contributed by atoms with van der Waals surface area (Å²) >= 11 is 0. The van der Waals surface area contributed by atoms with Crippen LogP contribution in [0.15, 0.2) is 60.7 Å². The molecule has 4 nitrogen and oxygen atoms in total. The normalized spacial score (nSPS) is 10.8. The molecule has 4 heteroatoms. The number of hydrogen-bond acceptors (Lipinski definition) is 4. The predicted octanol–water partition coefficient (Wildman–Crippen LogP) is 5.34. The molecule has 26 heavy (non-hydrogen) atoms. The van der Waals surface area contributed by atoms with Crippen molar-refractivity contribution >= 4 is 5.82 Å². The highest BCUT2D eigenvalue weighted by Crippen LogP contribution is 2.34. The van der Waals surface area contributed by atoms with Gasteiger partial charge in [-0.05, 0) is 68.8 Å². The Hall–Kier alpha value is -3.01. The Kier molecular flexibility index (Phi) is 5.42. The van der Waals surface area contributed by atoms with Crippen molar-refractivity contribution in [3.63, 3.8) is 0 Å². The Bertz CT molecular complexity index is 874. The molecule has 0 aliphatic carbocycles. The predicted molar refractivity (Wildman–Crippen MR) is 107 cm³/mol. The van der Waals surface area contributed by atoms with Crippen LogP contribution in [0.25, 0.3) is 22.4 Å². The first-order valence-corrected chi connectivity index (χ1v) is 8.87. The standard InChI is InChI=1S/C22H24N2O2/c1-4-26-21-8-6-5-7-19(21)17-13-20(16-9-11-18(25)12-10-16)24-22(14-17)23-15(2)3/h5-15,25H,4H2,1-3H3,(H,23,24). The number of phenols is 1. The van der Waals surface area contributed by atoms with Crippen molar-refractivity contribution in [3.8, 4) is 33.9 Å². The highest BCUT2D eigenvalue weighted by Gasteiger charge is 2.11. The molecule has 0 saturated heterocycles. The fourth-order valence-electron chi connectivity index (χ4n) is 2.82. The monoisotopic (exact) mass is 348 g/mol. The fourth-order valence-corrected chi connectivity index (χ4v) is 2.82. The molecule has 3 rings (SSSR count). The molecule has 1 heterocycles. The zero-order valence-corrected chi connectivity index (χ0v) is 15.4. The summed E-state index contributed by atoms with van der Waals surface area (Å²) in [7, 11) is 0. The molecule has 0 aliphatic rings. The number of nitrogens with one attached hydrogen (secondary N) is 1. The number of aromatic hydroxyl groups is 1. The molecule has 0 spiro atoms. The van der Waals surface area contributed by atoms with E-state index in [0.29, 0.717) is 6.61 Å². The van der Waals surface area contributed by atoms with Gasteiger partial charge in [-0.25, -0.2) is 4.98 Å². The van der Waals surface area contributed by atoms with Crippen molar-refractivity contribution in [1.82, 2.24) is 4.98 Å². The van der Waals surface area contributed by atoms with Crippen molar-refractivity contribution in [2.24, 2.45) is 0 Å². The lowest BCUT2D eigenvalue weighted by Gasteiger charge is -2.15. The van der Waals surface area contributed by atoms with Crippen LogP contribution in [0.1, 0.15) is 20.8 Å². The number of nitrogens with zero attached hydrogens (tertiary/aromatic N) is 1. The average Bonchev–Trinajstić information content (AvgIpc) is 2.62. The number of phenolic OH excluding ortho intramolecular Hbond substituents is 1. The van der Waals surface area contributed by atoms with E-state index in [1.54, 1.807) is 12.1 Å². The minimum absolute atomic E-state index is 0.243. The van der Waals surface area contributed by atoms with Crippen LogP contribution in [0.2, 0.25) is 0 Å². The summed E-state index contributed by atoms with van der Waals surface area (Å²) in [5, 5.41) is 12.9. The van der Waals surface area contributed by atoms with Gasteiger partial charge in [-0.2, -0.15) is 0 Å². The van der Waals surface area contributed by atoms with E-state index in [0.717, 1.165) is 34.0 Å². The Labute approximate surface area is 154 Å². The van der Waals surface area contributed by atoms with Crippen LogP contribution in [-0.2, 0) is 0 Å². The molecule has 2 N–H and O–H groups in total. The largest absolute Gasteiger partial charge is 0.508 e. The van der Waals surface area contributed by atoms with E-state index in [9.17, 15) is 5.11 Å². The van der Waals surface area contributed by atoms with Crippen molar-refractivity contribution in [3.05, 3.63) is 60.7 Å².